The van der Waals surface area contributed by atoms with E-state index in [2.05, 4.69) is 28.8 Å². The first-order valence-electron chi connectivity index (χ1n) is 6.54. The summed E-state index contributed by atoms with van der Waals surface area (Å²) < 4.78 is 5.86. The summed E-state index contributed by atoms with van der Waals surface area (Å²) in [5.74, 6) is 1.91. The highest BCUT2D eigenvalue weighted by Crippen LogP contribution is 2.11. The number of aryl methyl sites for hydroxylation is 1. The zero-order valence-electron chi connectivity index (χ0n) is 11.8. The van der Waals surface area contributed by atoms with Gasteiger partial charge < -0.3 is 9.72 Å². The number of nitrogens with zero attached hydrogens (tertiary/aromatic N) is 2. The summed E-state index contributed by atoms with van der Waals surface area (Å²) in [7, 11) is 2.07. The molecule has 0 fully saturated rings. The van der Waals surface area contributed by atoms with E-state index in [-0.39, 0.29) is 6.10 Å². The van der Waals surface area contributed by atoms with E-state index < -0.39 is 0 Å². The minimum Gasteiger partial charge on any atom is -0.489 e. The molecule has 19 heavy (non-hydrogen) atoms. The molecule has 0 saturated carbocycles. The summed E-state index contributed by atoms with van der Waals surface area (Å²) in [5, 5.41) is 0. The average Bonchev–Trinajstić information content (AvgIpc) is 2.75. The highest BCUT2D eigenvalue weighted by atomic mass is 16.5. The van der Waals surface area contributed by atoms with Crippen LogP contribution in [0.1, 0.15) is 18.4 Å². The molecule has 1 atom stereocenters. The molecule has 4 heteroatoms. The van der Waals surface area contributed by atoms with E-state index in [0.717, 1.165) is 30.4 Å². The maximum absolute atomic E-state index is 5.86. The quantitative estimate of drug-likeness (QED) is 0.867. The SMILES string of the molecule is Cc1cnc(CN(C)CC(C)Oc2ccccc2)[nH]1. The summed E-state index contributed by atoms with van der Waals surface area (Å²) in [6, 6.07) is 9.91. The molecule has 102 valence electrons. The monoisotopic (exact) mass is 259 g/mol. The number of aromatic amines is 1. The van der Waals surface area contributed by atoms with Gasteiger partial charge in [0.15, 0.2) is 0 Å². The second-order valence-corrected chi connectivity index (χ2v) is 4.95. The zero-order valence-corrected chi connectivity index (χ0v) is 11.8. The molecular weight excluding hydrogens is 238 g/mol. The lowest BCUT2D eigenvalue weighted by atomic mass is 10.3. The molecule has 0 aliphatic carbocycles. The Morgan fingerprint density at radius 3 is 2.68 bits per heavy atom. The maximum Gasteiger partial charge on any atom is 0.120 e. The number of hydrogen-bond donors (Lipinski definition) is 1. The van der Waals surface area contributed by atoms with Gasteiger partial charge in [-0.2, -0.15) is 0 Å². The van der Waals surface area contributed by atoms with E-state index >= 15 is 0 Å². The van der Waals surface area contributed by atoms with Crippen LogP contribution in [0.4, 0.5) is 0 Å². The van der Waals surface area contributed by atoms with Gasteiger partial charge in [0.1, 0.15) is 17.7 Å². The van der Waals surface area contributed by atoms with Crippen LogP contribution >= 0.6 is 0 Å². The molecule has 0 amide bonds. The van der Waals surface area contributed by atoms with Crippen LogP contribution in [0.2, 0.25) is 0 Å². The smallest absolute Gasteiger partial charge is 0.120 e. The van der Waals surface area contributed by atoms with Gasteiger partial charge in [0.2, 0.25) is 0 Å². The van der Waals surface area contributed by atoms with Crippen molar-refractivity contribution in [3.8, 4) is 5.75 Å². The Bertz CT molecular complexity index is 495. The van der Waals surface area contributed by atoms with Crippen LogP contribution in [0.25, 0.3) is 0 Å². The van der Waals surface area contributed by atoms with E-state index in [9.17, 15) is 0 Å². The molecule has 4 nitrogen and oxygen atoms in total. The molecule has 0 spiro atoms. The van der Waals surface area contributed by atoms with Crippen LogP contribution in [0, 0.1) is 6.92 Å². The van der Waals surface area contributed by atoms with Gasteiger partial charge in [-0.3, -0.25) is 4.90 Å². The Balaban J connectivity index is 1.80. The summed E-state index contributed by atoms with van der Waals surface area (Å²) >= 11 is 0. The van der Waals surface area contributed by atoms with Crippen LogP contribution in [0.15, 0.2) is 36.5 Å². The standard InChI is InChI=1S/C15H21N3O/c1-12-9-16-15(17-12)11-18(3)10-13(2)19-14-7-5-4-6-8-14/h4-9,13H,10-11H2,1-3H3,(H,16,17). The number of nitrogens with one attached hydrogen (secondary N) is 1. The Kier molecular flexibility index (Phi) is 4.58. The van der Waals surface area contributed by atoms with Crippen LogP contribution in [-0.4, -0.2) is 34.6 Å². The van der Waals surface area contributed by atoms with Crippen molar-refractivity contribution in [1.82, 2.24) is 14.9 Å². The van der Waals surface area contributed by atoms with Crippen LogP contribution in [0.5, 0.6) is 5.75 Å². The molecule has 1 aromatic carbocycles. The molecule has 0 saturated heterocycles. The number of hydrogen-bond acceptors (Lipinski definition) is 3. The van der Waals surface area contributed by atoms with E-state index in [1.807, 2.05) is 43.5 Å². The normalized spacial score (nSPS) is 12.6. The fourth-order valence-corrected chi connectivity index (χ4v) is 2.08. The highest BCUT2D eigenvalue weighted by molar-refractivity contribution is 5.21. The Morgan fingerprint density at radius 2 is 2.05 bits per heavy atom. The topological polar surface area (TPSA) is 41.2 Å². The second kappa shape index (κ2) is 6.38. The van der Waals surface area contributed by atoms with Crippen LogP contribution in [-0.2, 0) is 6.54 Å². The van der Waals surface area contributed by atoms with Gasteiger partial charge in [0, 0.05) is 18.4 Å². The number of benzene rings is 1. The minimum atomic E-state index is 0.142. The molecule has 2 aromatic rings. The van der Waals surface area contributed by atoms with Crippen molar-refractivity contribution < 1.29 is 4.74 Å². The third-order valence-corrected chi connectivity index (χ3v) is 2.82. The summed E-state index contributed by atoms with van der Waals surface area (Å²) in [6.07, 6.45) is 2.00. The van der Waals surface area contributed by atoms with Gasteiger partial charge in [0.25, 0.3) is 0 Å². The van der Waals surface area contributed by atoms with Gasteiger partial charge in [-0.1, -0.05) is 18.2 Å². The maximum atomic E-state index is 5.86. The summed E-state index contributed by atoms with van der Waals surface area (Å²) in [5.41, 5.74) is 1.09. The first-order valence-corrected chi connectivity index (χ1v) is 6.54. The number of para-hydroxylation sites is 1. The largest absolute Gasteiger partial charge is 0.489 e. The van der Waals surface area contributed by atoms with E-state index in [0.29, 0.717) is 0 Å². The lowest BCUT2D eigenvalue weighted by molar-refractivity contribution is 0.157. The third-order valence-electron chi connectivity index (χ3n) is 2.82. The van der Waals surface area contributed by atoms with Gasteiger partial charge >= 0.3 is 0 Å². The molecule has 0 bridgehead atoms. The van der Waals surface area contributed by atoms with E-state index in [1.54, 1.807) is 0 Å². The number of ether oxygens (including phenoxy) is 1. The van der Waals surface area contributed by atoms with Crippen LogP contribution < -0.4 is 4.74 Å². The Morgan fingerprint density at radius 1 is 1.32 bits per heavy atom. The van der Waals surface area contributed by atoms with Gasteiger partial charge in [0.05, 0.1) is 6.54 Å². The molecular formula is C15H21N3O. The number of likely N-dealkylation sites (N-methyl/N-ethyl adjacent to an activating group) is 1. The molecule has 1 unspecified atom stereocenters. The van der Waals surface area contributed by atoms with Crippen molar-refractivity contribution in [3.63, 3.8) is 0 Å². The fourth-order valence-electron chi connectivity index (χ4n) is 2.08. The van der Waals surface area contributed by atoms with Gasteiger partial charge in [-0.05, 0) is 33.0 Å². The molecule has 1 aromatic heterocycles. The Labute approximate surface area is 114 Å². The number of rotatable bonds is 6. The highest BCUT2D eigenvalue weighted by Gasteiger charge is 2.09. The molecule has 0 aliphatic heterocycles. The summed E-state index contributed by atoms with van der Waals surface area (Å²) in [4.78, 5) is 9.75. The third kappa shape index (κ3) is 4.41. The van der Waals surface area contributed by atoms with Crippen molar-refractivity contribution in [2.45, 2.75) is 26.5 Å². The average molecular weight is 259 g/mol. The summed E-state index contributed by atoms with van der Waals surface area (Å²) in [6.45, 7) is 5.75. The van der Waals surface area contributed by atoms with Crippen molar-refractivity contribution >= 4 is 0 Å². The lowest BCUT2D eigenvalue weighted by Gasteiger charge is -2.21. The number of aromatic nitrogens is 2. The van der Waals surface area contributed by atoms with Crippen molar-refractivity contribution in [2.75, 3.05) is 13.6 Å². The number of imidazole rings is 1. The molecule has 0 radical (unpaired) electrons. The molecule has 0 aliphatic rings. The van der Waals surface area contributed by atoms with Crippen molar-refractivity contribution in [1.29, 1.82) is 0 Å². The lowest BCUT2D eigenvalue weighted by Crippen LogP contribution is -2.30. The Hall–Kier alpha value is -1.81. The van der Waals surface area contributed by atoms with Gasteiger partial charge in [-0.25, -0.2) is 4.98 Å². The predicted molar refractivity (Wildman–Crippen MR) is 76.2 cm³/mol. The fraction of sp³-hybridized carbons (Fsp3) is 0.400. The minimum absolute atomic E-state index is 0.142. The van der Waals surface area contributed by atoms with Crippen LogP contribution in [0.3, 0.4) is 0 Å². The predicted octanol–water partition coefficient (Wildman–Crippen LogP) is 2.62. The number of H-pyrrole nitrogens is 1. The second-order valence-electron chi connectivity index (χ2n) is 4.95. The zero-order chi connectivity index (χ0) is 13.7. The van der Waals surface area contributed by atoms with E-state index in [4.69, 9.17) is 4.74 Å². The van der Waals surface area contributed by atoms with E-state index in [1.165, 1.54) is 0 Å². The first-order chi connectivity index (χ1) is 9.13. The van der Waals surface area contributed by atoms with Crippen molar-refractivity contribution in [3.05, 3.63) is 48.0 Å². The van der Waals surface area contributed by atoms with Crippen molar-refractivity contribution in [2.24, 2.45) is 0 Å². The first kappa shape index (κ1) is 13.6. The molecule has 2 rings (SSSR count). The molecule has 1 heterocycles. The molecule has 1 N–H and O–H groups in total. The van der Waals surface area contributed by atoms with Gasteiger partial charge in [-0.15, -0.1) is 0 Å².